The van der Waals surface area contributed by atoms with E-state index in [0.29, 0.717) is 55.6 Å². The molecule has 3 aromatic rings. The molecule has 2 aromatic heterocycles. The maximum absolute atomic E-state index is 14.0. The van der Waals surface area contributed by atoms with Crippen molar-refractivity contribution in [2.24, 2.45) is 0 Å². The second-order valence-electron chi connectivity index (χ2n) is 11.0. The van der Waals surface area contributed by atoms with Crippen molar-refractivity contribution in [1.82, 2.24) is 9.88 Å². The molecule has 5 rings (SSSR count). The highest BCUT2D eigenvalue weighted by Gasteiger charge is 2.44. The number of halogens is 4. The number of benzene rings is 1. The van der Waals surface area contributed by atoms with Crippen molar-refractivity contribution in [3.63, 3.8) is 0 Å². The van der Waals surface area contributed by atoms with Gasteiger partial charge in [-0.1, -0.05) is 19.1 Å². The summed E-state index contributed by atoms with van der Waals surface area (Å²) in [4.78, 5) is 20.6. The Balaban J connectivity index is 1.24. The number of ether oxygens (including phenoxy) is 1. The first-order valence-electron chi connectivity index (χ1n) is 13.9. The van der Waals surface area contributed by atoms with Gasteiger partial charge in [-0.25, -0.2) is 17.8 Å². The lowest BCUT2D eigenvalue weighted by Gasteiger charge is -2.45. The molecular weight excluding hydrogens is 592 g/mol. The quantitative estimate of drug-likeness (QED) is 0.214. The highest BCUT2D eigenvalue weighted by molar-refractivity contribution is 7.91. The molecule has 2 aliphatic heterocycles. The Morgan fingerprint density at radius 1 is 1.14 bits per heavy atom. The van der Waals surface area contributed by atoms with Gasteiger partial charge in [0, 0.05) is 37.1 Å². The molecule has 0 N–H and O–H groups in total. The fourth-order valence-electron chi connectivity index (χ4n) is 5.75. The molecule has 0 aliphatic carbocycles. The maximum atomic E-state index is 14.0. The number of carbonyl (C=O) groups excluding carboxylic acids is 1. The van der Waals surface area contributed by atoms with Crippen LogP contribution in [0.1, 0.15) is 70.0 Å². The summed E-state index contributed by atoms with van der Waals surface area (Å²) in [7, 11) is -3.27. The molecule has 2 aliphatic rings. The number of hydrogen-bond donors (Lipinski definition) is 0. The lowest BCUT2D eigenvalue weighted by molar-refractivity contribution is -0.143. The number of pyridine rings is 1. The molecular formula is C30H32F4N2O4S2. The first kappa shape index (κ1) is 30.8. The minimum absolute atomic E-state index is 0.0247. The number of likely N-dealkylation sites (tertiary alicyclic amines) is 1. The lowest BCUT2D eigenvalue weighted by Crippen LogP contribution is -2.47. The zero-order valence-electron chi connectivity index (χ0n) is 23.3. The number of rotatable bonds is 8. The Hall–Kier alpha value is -2.67. The minimum Gasteiger partial charge on any atom is -0.366 e. The number of sulfone groups is 1. The van der Waals surface area contributed by atoms with Gasteiger partial charge in [0.05, 0.1) is 21.6 Å². The molecule has 6 nitrogen and oxygen atoms in total. The SMILES string of the molecule is CCS(=O)(=O)c1ccc(CCC(=O)c2cc3c(s2)C2(CCN(Cc4cnc(C(F)(F)F)c(F)c4)CC2)O[C@H](C)C3)cc1. The molecule has 4 heterocycles. The van der Waals surface area contributed by atoms with Crippen LogP contribution < -0.4 is 0 Å². The number of fused-ring (bicyclic) bond motifs is 2. The van der Waals surface area contributed by atoms with Crippen LogP contribution in [-0.2, 0) is 45.7 Å². The Morgan fingerprint density at radius 2 is 1.83 bits per heavy atom. The number of aromatic nitrogens is 1. The molecule has 42 heavy (non-hydrogen) atoms. The van der Waals surface area contributed by atoms with Crippen LogP contribution in [-0.4, -0.2) is 49.0 Å². The molecule has 0 amide bonds. The molecule has 1 spiro atoms. The number of thiophene rings is 1. The number of hydrogen-bond acceptors (Lipinski definition) is 7. The molecule has 1 atom stereocenters. The lowest BCUT2D eigenvalue weighted by atomic mass is 9.84. The van der Waals surface area contributed by atoms with E-state index in [1.807, 2.05) is 17.9 Å². The second kappa shape index (κ2) is 11.8. The summed E-state index contributed by atoms with van der Waals surface area (Å²) < 4.78 is 83.2. The minimum atomic E-state index is -4.83. The maximum Gasteiger partial charge on any atom is 0.436 e. The van der Waals surface area contributed by atoms with Crippen molar-refractivity contribution in [2.75, 3.05) is 18.8 Å². The van der Waals surface area contributed by atoms with Crippen LogP contribution in [0.25, 0.3) is 0 Å². The number of ketones is 1. The van der Waals surface area contributed by atoms with Gasteiger partial charge in [-0.3, -0.25) is 9.69 Å². The molecule has 226 valence electrons. The van der Waals surface area contributed by atoms with E-state index in [1.54, 1.807) is 31.2 Å². The number of Topliss-reactive ketones (excluding diaryl/α,β-unsaturated/α-hetero) is 1. The normalized spacial score (nSPS) is 19.1. The molecule has 12 heteroatoms. The van der Waals surface area contributed by atoms with Gasteiger partial charge in [-0.05, 0) is 73.6 Å². The largest absolute Gasteiger partial charge is 0.436 e. The second-order valence-corrected chi connectivity index (χ2v) is 14.3. The third kappa shape index (κ3) is 6.46. The first-order chi connectivity index (χ1) is 19.8. The van der Waals surface area contributed by atoms with Gasteiger partial charge in [0.15, 0.2) is 27.1 Å². The van der Waals surface area contributed by atoms with E-state index >= 15 is 0 Å². The predicted molar refractivity (Wildman–Crippen MR) is 151 cm³/mol. The summed E-state index contributed by atoms with van der Waals surface area (Å²) in [5.41, 5.74) is 0.323. The smallest absolute Gasteiger partial charge is 0.366 e. The van der Waals surface area contributed by atoms with Gasteiger partial charge in [-0.2, -0.15) is 13.2 Å². The highest BCUT2D eigenvalue weighted by Crippen LogP contribution is 2.47. The zero-order valence-corrected chi connectivity index (χ0v) is 25.0. The average Bonchev–Trinajstić information content (AvgIpc) is 3.38. The van der Waals surface area contributed by atoms with Gasteiger partial charge in [0.25, 0.3) is 0 Å². The fraction of sp³-hybridized carbons (Fsp3) is 0.467. The monoisotopic (exact) mass is 624 g/mol. The van der Waals surface area contributed by atoms with Gasteiger partial charge in [-0.15, -0.1) is 11.3 Å². The van der Waals surface area contributed by atoms with Gasteiger partial charge < -0.3 is 4.74 Å². The summed E-state index contributed by atoms with van der Waals surface area (Å²) in [6.07, 6.45) is -1.01. The van der Waals surface area contributed by atoms with Crippen LogP contribution in [0.2, 0.25) is 0 Å². The van der Waals surface area contributed by atoms with Crippen LogP contribution >= 0.6 is 11.3 Å². The van der Waals surface area contributed by atoms with Crippen LogP contribution in [0.4, 0.5) is 17.6 Å². The number of alkyl halides is 3. The Labute approximate surface area is 246 Å². The van der Waals surface area contributed by atoms with Crippen LogP contribution in [0.3, 0.4) is 0 Å². The molecule has 1 saturated heterocycles. The average molecular weight is 625 g/mol. The Kier molecular flexibility index (Phi) is 8.63. The summed E-state index contributed by atoms with van der Waals surface area (Å²) in [5.74, 6) is -1.32. The topological polar surface area (TPSA) is 76.6 Å². The van der Waals surface area contributed by atoms with E-state index in [9.17, 15) is 30.8 Å². The predicted octanol–water partition coefficient (Wildman–Crippen LogP) is 6.36. The Bertz CT molecular complexity index is 1560. The van der Waals surface area contributed by atoms with Crippen molar-refractivity contribution in [1.29, 1.82) is 0 Å². The van der Waals surface area contributed by atoms with Crippen LogP contribution in [0, 0.1) is 5.82 Å². The molecule has 0 bridgehead atoms. The van der Waals surface area contributed by atoms with E-state index in [1.165, 1.54) is 11.3 Å². The third-order valence-corrected chi connectivity index (χ3v) is 11.1. The molecule has 0 radical (unpaired) electrons. The molecule has 1 aromatic carbocycles. The standard InChI is InChI=1S/C30H32F4N2O4S2/c1-3-42(38,39)23-7-4-20(5-8-23)6-9-25(37)26-16-22-14-19(2)40-29(28(22)41-26)10-12-36(13-11-29)18-21-15-24(31)27(35-17-21)30(32,33)34/h4-5,7-8,15-17,19H,3,6,9-14,18H2,1-2H3/t19-/m1/s1. The van der Waals surface area contributed by atoms with Gasteiger partial charge in [0.2, 0.25) is 0 Å². The van der Waals surface area contributed by atoms with E-state index in [2.05, 4.69) is 4.98 Å². The number of piperidine rings is 1. The van der Waals surface area contributed by atoms with E-state index in [0.717, 1.165) is 28.3 Å². The van der Waals surface area contributed by atoms with Crippen molar-refractivity contribution >= 4 is 27.0 Å². The first-order valence-corrected chi connectivity index (χ1v) is 16.4. The summed E-state index contributed by atoms with van der Waals surface area (Å²) in [6, 6.07) is 9.55. The third-order valence-electron chi connectivity index (χ3n) is 7.97. The van der Waals surface area contributed by atoms with E-state index in [-0.39, 0.29) is 29.1 Å². The number of nitrogens with zero attached hydrogens (tertiary/aromatic N) is 2. The summed E-state index contributed by atoms with van der Waals surface area (Å²) in [5, 5.41) is 0. The number of aryl methyl sites for hydroxylation is 1. The zero-order chi connectivity index (χ0) is 30.3. The Morgan fingerprint density at radius 3 is 2.45 bits per heavy atom. The number of carbonyl (C=O) groups is 1. The van der Waals surface area contributed by atoms with Crippen molar-refractivity contribution < 1.29 is 35.5 Å². The fourth-order valence-corrected chi connectivity index (χ4v) is 7.99. The van der Waals surface area contributed by atoms with E-state index in [4.69, 9.17) is 4.74 Å². The highest BCUT2D eigenvalue weighted by atomic mass is 32.2. The van der Waals surface area contributed by atoms with Crippen molar-refractivity contribution in [3.05, 3.63) is 80.6 Å². The van der Waals surface area contributed by atoms with Crippen molar-refractivity contribution in [2.45, 2.75) is 75.3 Å². The van der Waals surface area contributed by atoms with Crippen LogP contribution in [0.5, 0.6) is 0 Å². The van der Waals surface area contributed by atoms with Gasteiger partial charge in [0.1, 0.15) is 5.60 Å². The summed E-state index contributed by atoms with van der Waals surface area (Å²) in [6.45, 7) is 5.08. The molecule has 0 saturated carbocycles. The molecule has 1 fully saturated rings. The van der Waals surface area contributed by atoms with Crippen LogP contribution in [0.15, 0.2) is 47.5 Å². The summed E-state index contributed by atoms with van der Waals surface area (Å²) >= 11 is 1.47. The molecule has 0 unspecified atom stereocenters. The van der Waals surface area contributed by atoms with Gasteiger partial charge >= 0.3 is 6.18 Å². The van der Waals surface area contributed by atoms with E-state index < -0.39 is 33.1 Å². The van der Waals surface area contributed by atoms with Crippen molar-refractivity contribution in [3.8, 4) is 0 Å².